The quantitative estimate of drug-likeness (QED) is 0.834. The lowest BCUT2D eigenvalue weighted by atomic mass is 10.1. The number of hydrogen-bond donors (Lipinski definition) is 2. The number of hydrogen-bond acceptors (Lipinski definition) is 4. The molecule has 1 saturated carbocycles. The van der Waals surface area contributed by atoms with Crippen molar-refractivity contribution in [3.05, 3.63) is 11.4 Å². The largest absolute Gasteiger partial charge is 0.395 e. The molecule has 1 aliphatic carbocycles. The number of ether oxygens (including phenoxy) is 1. The van der Waals surface area contributed by atoms with Crippen molar-refractivity contribution in [2.45, 2.75) is 45.1 Å². The van der Waals surface area contributed by atoms with Gasteiger partial charge in [-0.2, -0.15) is 5.10 Å². The van der Waals surface area contributed by atoms with Crippen LogP contribution in [0.2, 0.25) is 0 Å². The van der Waals surface area contributed by atoms with Crippen LogP contribution in [0.1, 0.15) is 48.8 Å². The molecule has 1 aromatic heterocycles. The first-order valence-corrected chi connectivity index (χ1v) is 7.92. The zero-order valence-electron chi connectivity index (χ0n) is 12.6. The summed E-state index contributed by atoms with van der Waals surface area (Å²) in [6, 6.07) is 0.365. The third-order valence-corrected chi connectivity index (χ3v) is 4.31. The van der Waals surface area contributed by atoms with Crippen LogP contribution in [-0.2, 0) is 11.2 Å². The van der Waals surface area contributed by atoms with Crippen molar-refractivity contribution in [3.63, 3.8) is 0 Å². The molecule has 116 valence electrons. The molecule has 6 nitrogen and oxygen atoms in total. The number of nitrogens with two attached hydrogens (primary N) is 1. The van der Waals surface area contributed by atoms with Gasteiger partial charge in [0.15, 0.2) is 5.69 Å². The Balaban J connectivity index is 1.74. The van der Waals surface area contributed by atoms with Gasteiger partial charge in [0.2, 0.25) is 0 Å². The smallest absolute Gasteiger partial charge is 0.276 e. The summed E-state index contributed by atoms with van der Waals surface area (Å²) in [4.78, 5) is 14.7. The van der Waals surface area contributed by atoms with E-state index < -0.39 is 0 Å². The number of anilines is 1. The predicted octanol–water partition coefficient (Wildman–Crippen LogP) is 1.59. The molecular weight excluding hydrogens is 268 g/mol. The molecule has 0 aromatic carbocycles. The summed E-state index contributed by atoms with van der Waals surface area (Å²) < 4.78 is 5.42. The van der Waals surface area contributed by atoms with Crippen LogP contribution < -0.4 is 5.73 Å². The fourth-order valence-corrected chi connectivity index (χ4v) is 2.92. The Hall–Kier alpha value is -1.56. The summed E-state index contributed by atoms with van der Waals surface area (Å²) >= 11 is 0. The van der Waals surface area contributed by atoms with Crippen molar-refractivity contribution in [2.24, 2.45) is 5.92 Å². The minimum atomic E-state index is -0.0273. The molecule has 0 bridgehead atoms. The van der Waals surface area contributed by atoms with Gasteiger partial charge in [-0.15, -0.1) is 0 Å². The summed E-state index contributed by atoms with van der Waals surface area (Å²) in [5, 5.41) is 7.08. The minimum Gasteiger partial charge on any atom is -0.395 e. The molecule has 1 saturated heterocycles. The van der Waals surface area contributed by atoms with Gasteiger partial charge in [-0.1, -0.05) is 13.3 Å². The van der Waals surface area contributed by atoms with E-state index in [2.05, 4.69) is 17.1 Å². The number of nitrogen functional groups attached to an aromatic ring is 1. The van der Waals surface area contributed by atoms with Crippen LogP contribution >= 0.6 is 0 Å². The molecule has 2 fully saturated rings. The van der Waals surface area contributed by atoms with Crippen molar-refractivity contribution in [3.8, 4) is 0 Å². The number of amides is 1. The minimum absolute atomic E-state index is 0.0273. The lowest BCUT2D eigenvalue weighted by Crippen LogP contribution is -2.38. The first-order chi connectivity index (χ1) is 10.2. The first-order valence-electron chi connectivity index (χ1n) is 7.92. The van der Waals surface area contributed by atoms with E-state index in [-0.39, 0.29) is 5.91 Å². The summed E-state index contributed by atoms with van der Waals surface area (Å²) in [7, 11) is 0. The summed E-state index contributed by atoms with van der Waals surface area (Å²) in [6.07, 6.45) is 5.02. The van der Waals surface area contributed by atoms with Gasteiger partial charge < -0.3 is 15.4 Å². The summed E-state index contributed by atoms with van der Waals surface area (Å²) in [5.41, 5.74) is 7.88. The molecule has 3 rings (SSSR count). The van der Waals surface area contributed by atoms with Crippen LogP contribution in [0.15, 0.2) is 0 Å². The second kappa shape index (κ2) is 6.05. The number of carbonyl (C=O) groups is 1. The number of carbonyl (C=O) groups excluding carboxylic acids is 1. The second-order valence-corrected chi connectivity index (χ2v) is 6.13. The number of rotatable bonds is 6. The first kappa shape index (κ1) is 14.4. The van der Waals surface area contributed by atoms with Crippen LogP contribution in [0.25, 0.3) is 0 Å². The fraction of sp³-hybridized carbons (Fsp3) is 0.733. The highest BCUT2D eigenvalue weighted by molar-refractivity contribution is 5.98. The SMILES string of the molecule is CCCc1[nH]nc(C(=O)N(CC2CCOC2)C2CC2)c1N. The van der Waals surface area contributed by atoms with Gasteiger partial charge in [-0.05, 0) is 25.7 Å². The van der Waals surface area contributed by atoms with Crippen molar-refractivity contribution in [1.82, 2.24) is 15.1 Å². The number of aromatic nitrogens is 2. The van der Waals surface area contributed by atoms with Crippen molar-refractivity contribution in [1.29, 1.82) is 0 Å². The number of aryl methyl sites for hydroxylation is 1. The second-order valence-electron chi connectivity index (χ2n) is 6.13. The Morgan fingerprint density at radius 1 is 1.48 bits per heavy atom. The van der Waals surface area contributed by atoms with E-state index in [4.69, 9.17) is 10.5 Å². The van der Waals surface area contributed by atoms with E-state index in [0.29, 0.717) is 23.3 Å². The number of nitrogens with zero attached hydrogens (tertiary/aromatic N) is 2. The Kier molecular flexibility index (Phi) is 4.14. The van der Waals surface area contributed by atoms with Gasteiger partial charge in [0.1, 0.15) is 0 Å². The molecule has 1 atom stereocenters. The molecule has 0 spiro atoms. The van der Waals surface area contributed by atoms with Crippen LogP contribution in [-0.4, -0.2) is 46.8 Å². The Morgan fingerprint density at radius 2 is 2.29 bits per heavy atom. The van der Waals surface area contributed by atoms with Crippen LogP contribution in [0.4, 0.5) is 5.69 Å². The Bertz CT molecular complexity index is 504. The average Bonchev–Trinajstić information content (AvgIpc) is 3.07. The van der Waals surface area contributed by atoms with Gasteiger partial charge in [-0.25, -0.2) is 0 Å². The topological polar surface area (TPSA) is 84.2 Å². The van der Waals surface area contributed by atoms with Gasteiger partial charge in [-0.3, -0.25) is 9.89 Å². The molecule has 1 aromatic rings. The highest BCUT2D eigenvalue weighted by Gasteiger charge is 2.36. The van der Waals surface area contributed by atoms with E-state index in [9.17, 15) is 4.79 Å². The maximum Gasteiger partial charge on any atom is 0.276 e. The molecule has 21 heavy (non-hydrogen) atoms. The molecule has 2 aliphatic rings. The van der Waals surface area contributed by atoms with Crippen LogP contribution in [0.3, 0.4) is 0 Å². The highest BCUT2D eigenvalue weighted by Crippen LogP contribution is 2.31. The molecule has 3 N–H and O–H groups in total. The number of nitrogens with one attached hydrogen (secondary N) is 1. The normalized spacial score (nSPS) is 21.7. The van der Waals surface area contributed by atoms with Crippen LogP contribution in [0, 0.1) is 5.92 Å². The number of aromatic amines is 1. The fourth-order valence-electron chi connectivity index (χ4n) is 2.92. The van der Waals surface area contributed by atoms with Crippen molar-refractivity contribution < 1.29 is 9.53 Å². The third kappa shape index (κ3) is 3.05. The van der Waals surface area contributed by atoms with E-state index >= 15 is 0 Å². The zero-order valence-corrected chi connectivity index (χ0v) is 12.6. The lowest BCUT2D eigenvalue weighted by Gasteiger charge is -2.24. The monoisotopic (exact) mass is 292 g/mol. The number of H-pyrrole nitrogens is 1. The molecular formula is C15H24N4O2. The molecule has 1 unspecified atom stereocenters. The predicted molar refractivity (Wildman–Crippen MR) is 80.0 cm³/mol. The highest BCUT2D eigenvalue weighted by atomic mass is 16.5. The molecule has 6 heteroatoms. The summed E-state index contributed by atoms with van der Waals surface area (Å²) in [5.74, 6) is 0.422. The average molecular weight is 292 g/mol. The maximum atomic E-state index is 12.8. The maximum absolute atomic E-state index is 12.8. The Morgan fingerprint density at radius 3 is 2.90 bits per heavy atom. The van der Waals surface area contributed by atoms with Crippen molar-refractivity contribution in [2.75, 3.05) is 25.5 Å². The van der Waals surface area contributed by atoms with Crippen molar-refractivity contribution >= 4 is 11.6 Å². The molecule has 1 aliphatic heterocycles. The van der Waals surface area contributed by atoms with E-state index in [1.807, 2.05) is 4.90 Å². The summed E-state index contributed by atoms with van der Waals surface area (Å²) in [6.45, 7) is 4.41. The molecule has 1 amide bonds. The standard InChI is InChI=1S/C15H24N4O2/c1-2-3-12-13(16)14(18-17-12)15(20)19(11-4-5-11)8-10-6-7-21-9-10/h10-11H,2-9,16H2,1H3,(H,17,18). The van der Waals surface area contributed by atoms with E-state index in [1.165, 1.54) is 0 Å². The third-order valence-electron chi connectivity index (χ3n) is 4.31. The zero-order chi connectivity index (χ0) is 14.8. The van der Waals surface area contributed by atoms with E-state index in [0.717, 1.165) is 57.6 Å². The molecule has 2 heterocycles. The lowest BCUT2D eigenvalue weighted by molar-refractivity contribution is 0.0701. The van der Waals surface area contributed by atoms with Crippen LogP contribution in [0.5, 0.6) is 0 Å². The molecule has 0 radical (unpaired) electrons. The van der Waals surface area contributed by atoms with E-state index in [1.54, 1.807) is 0 Å². The van der Waals surface area contributed by atoms with Gasteiger partial charge >= 0.3 is 0 Å². The van der Waals surface area contributed by atoms with Gasteiger partial charge in [0.25, 0.3) is 5.91 Å². The van der Waals surface area contributed by atoms with Gasteiger partial charge in [0, 0.05) is 25.1 Å². The van der Waals surface area contributed by atoms with Gasteiger partial charge in [0.05, 0.1) is 18.0 Å². The Labute approximate surface area is 125 Å².